The Hall–Kier alpha value is -0.120. The number of rotatable bonds is 2. The van der Waals surface area contributed by atoms with E-state index in [4.69, 9.17) is 16.7 Å². The predicted octanol–water partition coefficient (Wildman–Crippen LogP) is -1.67. The largest absolute Gasteiger partial charge is 0.394 e. The van der Waals surface area contributed by atoms with Crippen LogP contribution in [0.1, 0.15) is 1.37 Å². The van der Waals surface area contributed by atoms with E-state index in [1.54, 1.807) is 0 Å². The third-order valence-corrected chi connectivity index (χ3v) is 0.359. The molecule has 0 heterocycles. The van der Waals surface area contributed by atoms with E-state index < -0.39 is 19.3 Å². The van der Waals surface area contributed by atoms with E-state index in [0.717, 1.165) is 0 Å². The van der Waals surface area contributed by atoms with Crippen molar-refractivity contribution in [1.82, 2.24) is 0 Å². The van der Waals surface area contributed by atoms with Crippen LogP contribution in [0.2, 0.25) is 0 Å². The van der Waals surface area contributed by atoms with Gasteiger partial charge in [0.05, 0.1) is 14.6 Å². The summed E-state index contributed by atoms with van der Waals surface area (Å²) in [5.41, 5.74) is 0. The smallest absolute Gasteiger partial charge is 0.100 e. The average molecular weight is 94.1 g/mol. The first-order valence-electron chi connectivity index (χ1n) is 2.15. The van der Waals surface area contributed by atoms with Gasteiger partial charge in [0, 0.05) is 0 Å². The van der Waals surface area contributed by atoms with Gasteiger partial charge in [0.2, 0.25) is 0 Å². The maximum atomic E-state index is 8.25. The van der Waals surface area contributed by atoms with Gasteiger partial charge in [0.25, 0.3) is 0 Å². The van der Waals surface area contributed by atoms with Gasteiger partial charge in [0.1, 0.15) is 6.10 Å². The normalized spacial score (nSPS) is 22.2. The van der Waals surface area contributed by atoms with Gasteiger partial charge < -0.3 is 15.3 Å². The van der Waals surface area contributed by atoms with Crippen LogP contribution in [0.4, 0.5) is 0 Å². The highest BCUT2D eigenvalue weighted by molar-refractivity contribution is 4.43. The Morgan fingerprint density at radius 2 is 2.17 bits per heavy atom. The van der Waals surface area contributed by atoms with Crippen LogP contribution in [0.25, 0.3) is 0 Å². The second-order valence-electron chi connectivity index (χ2n) is 0.899. The van der Waals surface area contributed by atoms with Crippen molar-refractivity contribution in [3.05, 3.63) is 0 Å². The first-order valence-corrected chi connectivity index (χ1v) is 1.57. The molecule has 0 spiro atoms. The van der Waals surface area contributed by atoms with Gasteiger partial charge in [-0.3, -0.25) is 0 Å². The molecule has 0 aliphatic rings. The fraction of sp³-hybridized carbons (Fsp3) is 1.00. The fourth-order valence-corrected chi connectivity index (χ4v) is 0.0471. The Kier molecular flexibility index (Phi) is 2.08. The van der Waals surface area contributed by atoms with Crippen molar-refractivity contribution in [2.75, 3.05) is 13.2 Å². The van der Waals surface area contributed by atoms with Gasteiger partial charge in [-0.15, -0.1) is 0 Å². The molecular weight excluding hydrogens is 85.0 g/mol. The number of hydrogen-bond acceptors (Lipinski definition) is 3. The first kappa shape index (κ1) is 4.05. The van der Waals surface area contributed by atoms with E-state index in [1.807, 2.05) is 0 Å². The topological polar surface area (TPSA) is 60.7 Å². The minimum atomic E-state index is -1.58. The molecule has 0 aliphatic carbocycles. The molecule has 0 fully saturated rings. The number of hydrogen-bond donors (Lipinski definition) is 3. The molecule has 0 bridgehead atoms. The van der Waals surface area contributed by atoms with E-state index in [0.29, 0.717) is 0 Å². The highest BCUT2D eigenvalue weighted by atomic mass is 16.4. The molecule has 0 aromatic carbocycles. The molecule has 0 saturated carbocycles. The molecule has 3 nitrogen and oxygen atoms in total. The Morgan fingerprint density at radius 3 is 2.17 bits per heavy atom. The monoisotopic (exact) mass is 94.1 g/mol. The van der Waals surface area contributed by atoms with Crippen LogP contribution in [0, 0.1) is 0 Å². The Morgan fingerprint density at radius 1 is 1.67 bits per heavy atom. The zero-order chi connectivity index (χ0) is 5.86. The van der Waals surface area contributed by atoms with Gasteiger partial charge >= 0.3 is 0 Å². The molecule has 0 aromatic heterocycles. The van der Waals surface area contributed by atoms with Gasteiger partial charge in [-0.25, -0.2) is 0 Å². The summed E-state index contributed by atoms with van der Waals surface area (Å²) in [6.07, 6.45) is -1.32. The van der Waals surface area contributed by atoms with E-state index >= 15 is 0 Å². The Bertz CT molecular complexity index is 47.4. The Labute approximate surface area is 37.3 Å². The van der Waals surface area contributed by atoms with Crippen LogP contribution < -0.4 is 0 Å². The van der Waals surface area contributed by atoms with Gasteiger partial charge in [-0.05, 0) is 0 Å². The summed E-state index contributed by atoms with van der Waals surface area (Å²) < 4.78 is 6.33. The van der Waals surface area contributed by atoms with Crippen LogP contribution in [-0.2, 0) is 0 Å². The van der Waals surface area contributed by atoms with Crippen molar-refractivity contribution in [2.24, 2.45) is 0 Å². The zero-order valence-corrected chi connectivity index (χ0v) is 3.20. The lowest BCUT2D eigenvalue weighted by Crippen LogP contribution is -2.15. The van der Waals surface area contributed by atoms with Crippen molar-refractivity contribution in [1.29, 1.82) is 0 Å². The van der Waals surface area contributed by atoms with Crippen molar-refractivity contribution in [3.63, 3.8) is 0 Å². The molecule has 3 N–H and O–H groups in total. The van der Waals surface area contributed by atoms with Crippen molar-refractivity contribution >= 4 is 0 Å². The highest BCUT2D eigenvalue weighted by Gasteiger charge is 1.93. The van der Waals surface area contributed by atoms with E-state index in [1.165, 1.54) is 0 Å². The Balaban J connectivity index is 3.14. The third kappa shape index (κ3) is 2.14. The van der Waals surface area contributed by atoms with E-state index in [-0.39, 0.29) is 0 Å². The van der Waals surface area contributed by atoms with Crippen molar-refractivity contribution < 1.29 is 16.7 Å². The summed E-state index contributed by atoms with van der Waals surface area (Å²) in [7, 11) is 0. The summed E-state index contributed by atoms with van der Waals surface area (Å²) in [4.78, 5) is 0. The first-order chi connectivity index (χ1) is 3.18. The molecule has 0 aromatic rings. The molecular formula is C3H8O3. The molecule has 0 rings (SSSR count). The minimum absolute atomic E-state index is 0.565. The number of aliphatic hydroxyl groups excluding tert-OH is 3. The second-order valence-corrected chi connectivity index (χ2v) is 0.899. The predicted molar refractivity (Wildman–Crippen MR) is 20.2 cm³/mol. The third-order valence-electron chi connectivity index (χ3n) is 0.359. The lowest BCUT2D eigenvalue weighted by Gasteiger charge is -1.96. The van der Waals surface area contributed by atoms with Gasteiger partial charge in [-0.2, -0.15) is 0 Å². The molecule has 6 heavy (non-hydrogen) atoms. The van der Waals surface area contributed by atoms with Crippen LogP contribution in [0.15, 0.2) is 0 Å². The van der Waals surface area contributed by atoms with Crippen molar-refractivity contribution in [2.45, 2.75) is 6.10 Å². The summed E-state index contributed by atoms with van der Waals surface area (Å²) in [5.74, 6) is 0. The molecule has 3 heteroatoms. The zero-order valence-electron chi connectivity index (χ0n) is 4.20. The summed E-state index contributed by atoms with van der Waals surface area (Å²) in [6.45, 7) is -2.14. The van der Waals surface area contributed by atoms with Crippen LogP contribution in [-0.4, -0.2) is 34.6 Å². The fourth-order valence-electron chi connectivity index (χ4n) is 0.0471. The number of aliphatic hydroxyl groups is 3. The minimum Gasteiger partial charge on any atom is -0.394 e. The maximum absolute atomic E-state index is 8.25. The summed E-state index contributed by atoms with van der Waals surface area (Å²) >= 11 is 0. The van der Waals surface area contributed by atoms with Crippen LogP contribution in [0.3, 0.4) is 0 Å². The molecule has 38 valence electrons. The summed E-state index contributed by atoms with van der Waals surface area (Å²) in [5, 5.41) is 24.3. The van der Waals surface area contributed by atoms with Gasteiger partial charge in [-0.1, -0.05) is 0 Å². The second kappa shape index (κ2) is 3.08. The molecule has 2 atom stereocenters. The van der Waals surface area contributed by atoms with Crippen LogP contribution in [0.5, 0.6) is 0 Å². The quantitative estimate of drug-likeness (QED) is 0.359. The molecule has 0 saturated heterocycles. The van der Waals surface area contributed by atoms with Crippen molar-refractivity contribution in [3.8, 4) is 0 Å². The maximum Gasteiger partial charge on any atom is 0.100 e. The van der Waals surface area contributed by atoms with E-state index in [9.17, 15) is 0 Å². The lowest BCUT2D eigenvalue weighted by atomic mass is 10.6. The standard InChI is InChI=1S/C3H8O3/c4-1-3(6)2-5/h3-6H,1-2H2/i1+1D/t1?,3-/m0/s1. The molecule has 0 aliphatic heterocycles. The highest BCUT2D eigenvalue weighted by Crippen LogP contribution is 1.71. The molecule has 0 radical (unpaired) electrons. The average Bonchev–Trinajstić information content (AvgIpc) is 1.65. The molecule has 1 unspecified atom stereocenters. The lowest BCUT2D eigenvalue weighted by molar-refractivity contribution is 0.0450. The van der Waals surface area contributed by atoms with E-state index in [2.05, 4.69) is 0 Å². The summed E-state index contributed by atoms with van der Waals surface area (Å²) in [6, 6.07) is 0. The van der Waals surface area contributed by atoms with Gasteiger partial charge in [0.15, 0.2) is 0 Å². The van der Waals surface area contributed by atoms with Crippen LogP contribution >= 0.6 is 0 Å². The molecule has 0 amide bonds. The SMILES string of the molecule is [2H][13CH](O)[C@H](O)CO.